The number of hydrogen-bond donors (Lipinski definition) is 2. The molecule has 1 fully saturated rings. The monoisotopic (exact) mass is 700 g/mol. The van der Waals surface area contributed by atoms with Gasteiger partial charge in [-0.2, -0.15) is 9.98 Å². The molecule has 2 aromatic carbocycles. The lowest BCUT2D eigenvalue weighted by atomic mass is 9.93. The molecule has 12 heteroatoms. The first-order chi connectivity index (χ1) is 22.1. The number of rotatable bonds is 12. The molecule has 2 aromatic rings. The van der Waals surface area contributed by atoms with Crippen molar-refractivity contribution in [2.75, 3.05) is 19.6 Å². The van der Waals surface area contributed by atoms with Crippen LogP contribution in [0, 0.1) is 17.2 Å². The van der Waals surface area contributed by atoms with E-state index in [1.807, 2.05) is 0 Å². The average molecular weight is 702 g/mol. The number of nitrogens with one attached hydrogen (secondary N) is 2. The fraction of sp³-hybridized carbons (Fsp3) is 0.400. The molecule has 0 radical (unpaired) electrons. The lowest BCUT2D eigenvalue weighted by molar-refractivity contribution is -0.134. The highest BCUT2D eigenvalue weighted by atomic mass is 35.5. The minimum absolute atomic E-state index is 0.0508. The van der Waals surface area contributed by atoms with Crippen LogP contribution in [0.5, 0.6) is 0 Å². The zero-order valence-electron chi connectivity index (χ0n) is 27.2. The van der Waals surface area contributed by atoms with Crippen LogP contribution < -0.4 is 10.0 Å². The zero-order chi connectivity index (χ0) is 34.8. The van der Waals surface area contributed by atoms with Crippen LogP contribution in [0.25, 0.3) is 5.57 Å². The summed E-state index contributed by atoms with van der Waals surface area (Å²) in [6.45, 7) is 12.3. The summed E-state index contributed by atoms with van der Waals surface area (Å²) >= 11 is 12.2. The molecule has 1 heterocycles. The van der Waals surface area contributed by atoms with Crippen molar-refractivity contribution >= 4 is 50.8 Å². The molecule has 1 atom stereocenters. The van der Waals surface area contributed by atoms with Crippen molar-refractivity contribution in [1.29, 1.82) is 5.26 Å². The Labute approximate surface area is 288 Å². The minimum atomic E-state index is -4.19. The van der Waals surface area contributed by atoms with Gasteiger partial charge in [-0.1, -0.05) is 60.1 Å². The highest BCUT2D eigenvalue weighted by Gasteiger charge is 2.32. The van der Waals surface area contributed by atoms with E-state index in [0.29, 0.717) is 59.8 Å². The second kappa shape index (κ2) is 17.0. The molecule has 47 heavy (non-hydrogen) atoms. The van der Waals surface area contributed by atoms with E-state index in [-0.39, 0.29) is 28.2 Å². The molecule has 0 bridgehead atoms. The second-order valence-electron chi connectivity index (χ2n) is 12.4. The summed E-state index contributed by atoms with van der Waals surface area (Å²) < 4.78 is 35.5. The van der Waals surface area contributed by atoms with Crippen molar-refractivity contribution in [3.05, 3.63) is 94.0 Å². The van der Waals surface area contributed by atoms with Crippen LogP contribution >= 0.6 is 23.2 Å². The molecule has 3 rings (SSSR count). The van der Waals surface area contributed by atoms with Crippen molar-refractivity contribution in [1.82, 2.24) is 14.9 Å². The van der Waals surface area contributed by atoms with Crippen molar-refractivity contribution in [2.24, 2.45) is 5.92 Å². The van der Waals surface area contributed by atoms with Gasteiger partial charge in [0.1, 0.15) is 11.6 Å². The molecule has 2 amide bonds. The zero-order valence-corrected chi connectivity index (χ0v) is 29.5. The molecule has 252 valence electrons. The number of alkyl carbamates (subject to hydrolysis) is 1. The van der Waals surface area contributed by atoms with Crippen molar-refractivity contribution < 1.29 is 22.7 Å². The summed E-state index contributed by atoms with van der Waals surface area (Å²) in [7, 11) is -4.19. The maximum Gasteiger partial charge on any atom is 0.407 e. The van der Waals surface area contributed by atoms with Gasteiger partial charge in [0.15, 0.2) is 0 Å². The average Bonchev–Trinajstić information content (AvgIpc) is 3.00. The number of nitrogens with zero attached hydrogens (tertiary/aromatic N) is 2. The van der Waals surface area contributed by atoms with Gasteiger partial charge >= 0.3 is 6.09 Å². The van der Waals surface area contributed by atoms with Crippen molar-refractivity contribution in [3.8, 4) is 6.07 Å². The molecule has 0 aliphatic carbocycles. The van der Waals surface area contributed by atoms with Gasteiger partial charge in [-0.25, -0.2) is 13.2 Å². The van der Waals surface area contributed by atoms with Gasteiger partial charge in [0, 0.05) is 29.7 Å². The number of halogens is 2. The Kier molecular flexibility index (Phi) is 13.7. The Morgan fingerprint density at radius 2 is 1.81 bits per heavy atom. The molecule has 0 spiro atoms. The maximum atomic E-state index is 13.9. The lowest BCUT2D eigenvalue weighted by Crippen LogP contribution is -2.51. The molecule has 1 unspecified atom stereocenters. The number of carbonyl (C=O) groups excluding carboxylic acids is 2. The van der Waals surface area contributed by atoms with E-state index in [0.717, 1.165) is 6.42 Å². The number of benzene rings is 2. The third-order valence-electron chi connectivity index (χ3n) is 7.47. The number of hydrogen-bond acceptors (Lipinski definition) is 6. The molecule has 1 aliphatic heterocycles. The topological polar surface area (TPSA) is 129 Å². The summed E-state index contributed by atoms with van der Waals surface area (Å²) in [4.78, 5) is 27.5. The van der Waals surface area contributed by atoms with Crippen molar-refractivity contribution in [2.45, 2.75) is 69.9 Å². The van der Waals surface area contributed by atoms with Gasteiger partial charge < -0.3 is 15.0 Å². The Balaban J connectivity index is 1.79. The molecule has 1 aliphatic rings. The molecular weight excluding hydrogens is 659 g/mol. The molecular formula is C35H42Cl2N4O5S. The van der Waals surface area contributed by atoms with Crippen LogP contribution in [0.15, 0.2) is 82.2 Å². The number of piperidine rings is 1. The Bertz CT molecular complexity index is 1660. The first-order valence-corrected chi connectivity index (χ1v) is 17.6. The van der Waals surface area contributed by atoms with Crippen LogP contribution in [0.2, 0.25) is 0 Å². The van der Waals surface area contributed by atoms with Gasteiger partial charge in [0.05, 0.1) is 16.5 Å². The quantitative estimate of drug-likeness (QED) is 0.232. The smallest absolute Gasteiger partial charge is 0.407 e. The van der Waals surface area contributed by atoms with Gasteiger partial charge in [-0.05, 0) is 106 Å². The van der Waals surface area contributed by atoms with Crippen molar-refractivity contribution in [3.63, 3.8) is 0 Å². The van der Waals surface area contributed by atoms with Crippen LogP contribution in [0.4, 0.5) is 4.79 Å². The summed E-state index contributed by atoms with van der Waals surface area (Å²) in [5.41, 5.74) is 1.48. The van der Waals surface area contributed by atoms with Gasteiger partial charge in [0.25, 0.3) is 0 Å². The standard InChI is InChI=1S/C35H42Cl2N4O5S/c1-24(36)12-13-31(25(2)37)29-10-7-11-30(22-29)47(44,45)40-32(21-27-8-6-9-28(20-27)23-38)33(42)41-18-15-26(16-19-41)14-17-39-34(43)46-35(3,4)5/h6-13,20,22,26,32,40H,2,14-19,21H2,1,3-5H3,(H,39,43)/b24-12+,31-13+. The largest absolute Gasteiger partial charge is 0.444 e. The number of nitriles is 1. The summed E-state index contributed by atoms with van der Waals surface area (Å²) in [6.07, 6.45) is 5.03. The number of sulfonamides is 1. The highest BCUT2D eigenvalue weighted by Crippen LogP contribution is 2.28. The number of carbonyl (C=O) groups is 2. The summed E-state index contributed by atoms with van der Waals surface area (Å²) in [6, 6.07) is 13.9. The van der Waals surface area contributed by atoms with Crippen LogP contribution in [0.1, 0.15) is 63.6 Å². The fourth-order valence-electron chi connectivity index (χ4n) is 5.17. The van der Waals surface area contributed by atoms with Gasteiger partial charge in [-0.3, -0.25) is 4.79 Å². The lowest BCUT2D eigenvalue weighted by Gasteiger charge is -2.34. The van der Waals surface area contributed by atoms with E-state index in [9.17, 15) is 23.3 Å². The first kappa shape index (κ1) is 37.8. The predicted molar refractivity (Wildman–Crippen MR) is 186 cm³/mol. The second-order valence-corrected chi connectivity index (χ2v) is 15.2. The maximum absolute atomic E-state index is 13.9. The van der Waals surface area contributed by atoms with Crippen LogP contribution in [-0.2, 0) is 26.0 Å². The summed E-state index contributed by atoms with van der Waals surface area (Å²) in [5, 5.41) is 12.9. The van der Waals surface area contributed by atoms with E-state index >= 15 is 0 Å². The number of allylic oxidation sites excluding steroid dienone is 5. The number of amides is 2. The first-order valence-electron chi connectivity index (χ1n) is 15.3. The summed E-state index contributed by atoms with van der Waals surface area (Å²) in [5.74, 6) is -0.0644. The van der Waals surface area contributed by atoms with E-state index in [1.165, 1.54) is 12.1 Å². The van der Waals surface area contributed by atoms with E-state index in [2.05, 4.69) is 22.7 Å². The Hall–Kier alpha value is -3.62. The van der Waals surface area contributed by atoms with Crippen LogP contribution in [-0.4, -0.2) is 56.6 Å². The fourth-order valence-corrected chi connectivity index (χ4v) is 6.64. The molecule has 0 aromatic heterocycles. The molecule has 1 saturated heterocycles. The van der Waals surface area contributed by atoms with E-state index in [4.69, 9.17) is 27.9 Å². The minimum Gasteiger partial charge on any atom is -0.444 e. The SMILES string of the molecule is C=C(Cl)/C(=C\C=C(/C)Cl)c1cccc(S(=O)(=O)NC(Cc2cccc(C#N)c2)C(=O)N2CCC(CCNC(=O)OC(C)(C)C)CC2)c1. The third kappa shape index (κ3) is 12.2. The normalized spacial score (nSPS) is 15.5. The molecule has 0 saturated carbocycles. The molecule has 9 nitrogen and oxygen atoms in total. The van der Waals surface area contributed by atoms with E-state index in [1.54, 1.807) is 81.1 Å². The third-order valence-corrected chi connectivity index (χ3v) is 9.26. The Morgan fingerprint density at radius 1 is 1.13 bits per heavy atom. The van der Waals surface area contributed by atoms with Gasteiger partial charge in [-0.15, -0.1) is 0 Å². The van der Waals surface area contributed by atoms with E-state index < -0.39 is 27.8 Å². The highest BCUT2D eigenvalue weighted by molar-refractivity contribution is 7.89. The Morgan fingerprint density at radius 3 is 2.43 bits per heavy atom. The number of ether oxygens (including phenoxy) is 1. The van der Waals surface area contributed by atoms with Gasteiger partial charge in [0.2, 0.25) is 15.9 Å². The van der Waals surface area contributed by atoms with Crippen LogP contribution in [0.3, 0.4) is 0 Å². The molecule has 2 N–H and O–H groups in total. The number of likely N-dealkylation sites (tertiary alicyclic amines) is 1. The predicted octanol–water partition coefficient (Wildman–Crippen LogP) is 6.88.